The van der Waals surface area contributed by atoms with Crippen LogP contribution in [0.25, 0.3) is 0 Å². The molecule has 7 heteroatoms. The summed E-state index contributed by atoms with van der Waals surface area (Å²) in [6.45, 7) is 1.87. The molecule has 1 aliphatic heterocycles. The predicted octanol–water partition coefficient (Wildman–Crippen LogP) is 2.74. The number of halogens is 1. The molecule has 1 aliphatic rings. The number of carboxylic acids is 1. The number of nitrogens with zero attached hydrogens (tertiary/aromatic N) is 2. The third-order valence-corrected chi connectivity index (χ3v) is 4.21. The van der Waals surface area contributed by atoms with E-state index in [0.717, 1.165) is 0 Å². The number of aliphatic carboxylic acids is 1. The van der Waals surface area contributed by atoms with Crippen molar-refractivity contribution in [2.75, 3.05) is 26.3 Å². The minimum Gasteiger partial charge on any atom is -0.506 e. The highest BCUT2D eigenvalue weighted by Gasteiger charge is 2.29. The van der Waals surface area contributed by atoms with Gasteiger partial charge in [-0.1, -0.05) is 24.3 Å². The monoisotopic (exact) mass is 358 g/mol. The number of aliphatic imine (C=N–C) groups is 1. The largest absolute Gasteiger partial charge is 0.506 e. The number of phenols is 1. The summed E-state index contributed by atoms with van der Waals surface area (Å²) < 4.78 is 19.7. The smallest absolute Gasteiger partial charge is 0.325 e. The summed E-state index contributed by atoms with van der Waals surface area (Å²) in [5.74, 6) is -1.60. The molecule has 1 heterocycles. The van der Waals surface area contributed by atoms with E-state index >= 15 is 0 Å². The van der Waals surface area contributed by atoms with Gasteiger partial charge >= 0.3 is 5.97 Å². The number of ether oxygens (including phenoxy) is 1. The molecule has 3 rings (SSSR count). The standard InChI is InChI=1S/C19H19FN2O4/c20-15-11-13(18(19(24)25)22-7-9-26-10-8-22)5-6-14(15)12-21-16-3-1-2-4-17(16)23/h1-6,11-12,18,23H,7-10H2,(H,24,25). The second kappa shape index (κ2) is 8.07. The van der Waals surface area contributed by atoms with Crippen LogP contribution in [0.15, 0.2) is 47.5 Å². The molecule has 2 N–H and O–H groups in total. The maximum absolute atomic E-state index is 14.5. The van der Waals surface area contributed by atoms with E-state index in [2.05, 4.69) is 4.99 Å². The van der Waals surface area contributed by atoms with Crippen molar-refractivity contribution in [3.63, 3.8) is 0 Å². The van der Waals surface area contributed by atoms with Crippen molar-refractivity contribution in [3.05, 3.63) is 59.4 Å². The first-order valence-electron chi connectivity index (χ1n) is 8.22. The molecule has 0 radical (unpaired) electrons. The normalized spacial score (nSPS) is 16.7. The second-order valence-electron chi connectivity index (χ2n) is 5.92. The molecule has 1 unspecified atom stereocenters. The molecule has 0 bridgehead atoms. The lowest BCUT2D eigenvalue weighted by molar-refractivity contribution is -0.145. The van der Waals surface area contributed by atoms with Crippen LogP contribution >= 0.6 is 0 Å². The first-order valence-corrected chi connectivity index (χ1v) is 8.22. The molecular formula is C19H19FN2O4. The van der Waals surface area contributed by atoms with Crippen molar-refractivity contribution in [3.8, 4) is 5.75 Å². The molecule has 0 aromatic heterocycles. The van der Waals surface area contributed by atoms with Crippen LogP contribution in [0.2, 0.25) is 0 Å². The van der Waals surface area contributed by atoms with Gasteiger partial charge < -0.3 is 14.9 Å². The Morgan fingerprint density at radius 3 is 2.62 bits per heavy atom. The minimum absolute atomic E-state index is 0.000892. The van der Waals surface area contributed by atoms with Crippen molar-refractivity contribution >= 4 is 17.9 Å². The number of benzene rings is 2. The predicted molar refractivity (Wildman–Crippen MR) is 94.5 cm³/mol. The summed E-state index contributed by atoms with van der Waals surface area (Å²) >= 11 is 0. The van der Waals surface area contributed by atoms with E-state index < -0.39 is 17.8 Å². The Balaban J connectivity index is 1.84. The maximum atomic E-state index is 14.5. The van der Waals surface area contributed by atoms with E-state index in [4.69, 9.17) is 4.74 Å². The summed E-state index contributed by atoms with van der Waals surface area (Å²) in [7, 11) is 0. The summed E-state index contributed by atoms with van der Waals surface area (Å²) in [6.07, 6.45) is 1.30. The number of morpholine rings is 1. The Kier molecular flexibility index (Phi) is 5.60. The van der Waals surface area contributed by atoms with Gasteiger partial charge in [0.2, 0.25) is 0 Å². The topological polar surface area (TPSA) is 82.4 Å². The summed E-state index contributed by atoms with van der Waals surface area (Å²) in [4.78, 5) is 17.5. The van der Waals surface area contributed by atoms with Gasteiger partial charge in [-0.25, -0.2) is 4.39 Å². The Morgan fingerprint density at radius 2 is 1.96 bits per heavy atom. The molecule has 26 heavy (non-hydrogen) atoms. The van der Waals surface area contributed by atoms with Crippen LogP contribution in [0, 0.1) is 5.82 Å². The van der Waals surface area contributed by atoms with E-state index in [1.54, 1.807) is 29.2 Å². The third-order valence-electron chi connectivity index (χ3n) is 4.21. The Labute approximate surface area is 150 Å². The molecule has 136 valence electrons. The molecule has 1 atom stereocenters. The third kappa shape index (κ3) is 4.07. The first kappa shape index (κ1) is 18.0. The average molecular weight is 358 g/mol. The molecular weight excluding hydrogens is 339 g/mol. The van der Waals surface area contributed by atoms with Crippen LogP contribution in [-0.2, 0) is 9.53 Å². The molecule has 2 aromatic carbocycles. The van der Waals surface area contributed by atoms with E-state index in [-0.39, 0.29) is 11.3 Å². The van der Waals surface area contributed by atoms with Gasteiger partial charge in [-0.3, -0.25) is 14.7 Å². The SMILES string of the molecule is O=C(O)C(c1ccc(C=Nc2ccccc2O)c(F)c1)N1CCOCC1. The quantitative estimate of drug-likeness (QED) is 0.803. The van der Waals surface area contributed by atoms with Crippen molar-refractivity contribution in [2.24, 2.45) is 4.99 Å². The van der Waals surface area contributed by atoms with E-state index in [1.165, 1.54) is 24.4 Å². The lowest BCUT2D eigenvalue weighted by atomic mass is 10.0. The van der Waals surface area contributed by atoms with E-state index in [1.807, 2.05) is 0 Å². The summed E-state index contributed by atoms with van der Waals surface area (Å²) in [5.41, 5.74) is 0.910. The number of hydrogen-bond donors (Lipinski definition) is 2. The first-order chi connectivity index (χ1) is 12.6. The summed E-state index contributed by atoms with van der Waals surface area (Å²) in [5, 5.41) is 19.3. The van der Waals surface area contributed by atoms with Crippen LogP contribution in [0.5, 0.6) is 5.75 Å². The van der Waals surface area contributed by atoms with Crippen molar-refractivity contribution in [1.29, 1.82) is 0 Å². The van der Waals surface area contributed by atoms with Crippen molar-refractivity contribution in [2.45, 2.75) is 6.04 Å². The fourth-order valence-corrected chi connectivity index (χ4v) is 2.88. The zero-order valence-corrected chi connectivity index (χ0v) is 14.0. The fraction of sp³-hybridized carbons (Fsp3) is 0.263. The molecule has 0 aliphatic carbocycles. The number of carbonyl (C=O) groups is 1. The Morgan fingerprint density at radius 1 is 1.23 bits per heavy atom. The van der Waals surface area contributed by atoms with Gasteiger partial charge in [0.1, 0.15) is 23.3 Å². The van der Waals surface area contributed by atoms with Gasteiger partial charge in [0.25, 0.3) is 0 Å². The van der Waals surface area contributed by atoms with Crippen LogP contribution in [-0.4, -0.2) is 53.6 Å². The molecule has 0 amide bonds. The molecule has 1 saturated heterocycles. The van der Waals surface area contributed by atoms with Crippen molar-refractivity contribution < 1.29 is 24.1 Å². The maximum Gasteiger partial charge on any atom is 0.325 e. The van der Waals surface area contributed by atoms with Crippen LogP contribution in [0.1, 0.15) is 17.2 Å². The summed E-state index contributed by atoms with van der Waals surface area (Å²) in [6, 6.07) is 9.86. The number of para-hydroxylation sites is 2. The van der Waals surface area contributed by atoms with E-state index in [0.29, 0.717) is 37.6 Å². The highest BCUT2D eigenvalue weighted by Crippen LogP contribution is 2.26. The Bertz CT molecular complexity index is 819. The molecule has 0 saturated carbocycles. The van der Waals surface area contributed by atoms with Crippen LogP contribution in [0.4, 0.5) is 10.1 Å². The zero-order chi connectivity index (χ0) is 18.5. The number of carboxylic acid groups (broad SMARTS) is 1. The zero-order valence-electron chi connectivity index (χ0n) is 14.0. The number of rotatable bonds is 5. The highest BCUT2D eigenvalue weighted by molar-refractivity contribution is 5.83. The van der Waals surface area contributed by atoms with Gasteiger partial charge in [-0.15, -0.1) is 0 Å². The van der Waals surface area contributed by atoms with Gasteiger partial charge in [0, 0.05) is 24.9 Å². The van der Waals surface area contributed by atoms with Gasteiger partial charge in [0.05, 0.1) is 13.2 Å². The van der Waals surface area contributed by atoms with Crippen molar-refractivity contribution in [1.82, 2.24) is 4.90 Å². The lowest BCUT2D eigenvalue weighted by Gasteiger charge is -2.32. The number of hydrogen-bond acceptors (Lipinski definition) is 5. The molecule has 6 nitrogen and oxygen atoms in total. The average Bonchev–Trinajstić information content (AvgIpc) is 2.63. The molecule has 1 fully saturated rings. The van der Waals surface area contributed by atoms with Crippen LogP contribution < -0.4 is 0 Å². The van der Waals surface area contributed by atoms with Gasteiger partial charge in [-0.2, -0.15) is 0 Å². The molecule has 2 aromatic rings. The fourth-order valence-electron chi connectivity index (χ4n) is 2.88. The second-order valence-corrected chi connectivity index (χ2v) is 5.92. The minimum atomic E-state index is -1.03. The number of phenolic OH excluding ortho intramolecular Hbond substituents is 1. The van der Waals surface area contributed by atoms with E-state index in [9.17, 15) is 19.4 Å². The van der Waals surface area contributed by atoms with Crippen LogP contribution in [0.3, 0.4) is 0 Å². The number of aromatic hydroxyl groups is 1. The molecule has 0 spiro atoms. The van der Waals surface area contributed by atoms with Gasteiger partial charge in [0.15, 0.2) is 0 Å². The highest BCUT2D eigenvalue weighted by atomic mass is 19.1. The van der Waals surface area contributed by atoms with Gasteiger partial charge in [-0.05, 0) is 23.8 Å². The lowest BCUT2D eigenvalue weighted by Crippen LogP contribution is -2.42. The Hall–Kier alpha value is -2.77.